The van der Waals surface area contributed by atoms with Crippen molar-refractivity contribution in [3.63, 3.8) is 0 Å². The number of nitrogens with zero attached hydrogens (tertiary/aromatic N) is 1. The van der Waals surface area contributed by atoms with Crippen molar-refractivity contribution in [2.24, 2.45) is 0 Å². The number of amides is 2. The minimum Gasteiger partial charge on any atom is -0.445 e. The van der Waals surface area contributed by atoms with E-state index < -0.39 is 12.1 Å². The fourth-order valence-electron chi connectivity index (χ4n) is 3.32. The van der Waals surface area contributed by atoms with Gasteiger partial charge in [-0.15, -0.1) is 0 Å². The van der Waals surface area contributed by atoms with Crippen LogP contribution in [0.5, 0.6) is 0 Å². The molecule has 0 bridgehead atoms. The molecule has 28 heavy (non-hydrogen) atoms. The lowest BCUT2D eigenvalue weighted by atomic mass is 9.94. The van der Waals surface area contributed by atoms with Gasteiger partial charge in [-0.2, -0.15) is 0 Å². The summed E-state index contributed by atoms with van der Waals surface area (Å²) in [7, 11) is 0. The van der Waals surface area contributed by atoms with Gasteiger partial charge in [0, 0.05) is 19.6 Å². The molecule has 0 saturated heterocycles. The zero-order chi connectivity index (χ0) is 19.8. The van der Waals surface area contributed by atoms with E-state index in [0.29, 0.717) is 32.4 Å². The standard InChI is InChI=1S/C22H26N2O4/c25-13-7-6-12-23-21(26)20-14-18-10-4-5-11-19(18)15-24(20)22(27)28-16-17-8-2-1-3-9-17/h1-5,8-11,20,25H,6-7,12-16H2,(H,23,26)/t20-/m1/s1. The Morgan fingerprint density at radius 2 is 1.75 bits per heavy atom. The summed E-state index contributed by atoms with van der Waals surface area (Å²) in [6.07, 6.45) is 1.30. The Morgan fingerprint density at radius 1 is 1.04 bits per heavy atom. The largest absolute Gasteiger partial charge is 0.445 e. The van der Waals surface area contributed by atoms with Crippen LogP contribution in [-0.4, -0.2) is 41.2 Å². The van der Waals surface area contributed by atoms with Gasteiger partial charge >= 0.3 is 6.09 Å². The Morgan fingerprint density at radius 3 is 2.50 bits per heavy atom. The number of fused-ring (bicyclic) bond motifs is 1. The molecule has 1 aliphatic heterocycles. The number of nitrogens with one attached hydrogen (secondary N) is 1. The molecule has 0 aromatic heterocycles. The van der Waals surface area contributed by atoms with Gasteiger partial charge < -0.3 is 15.2 Å². The summed E-state index contributed by atoms with van der Waals surface area (Å²) in [6.45, 7) is 1.09. The van der Waals surface area contributed by atoms with Gasteiger partial charge in [0.15, 0.2) is 0 Å². The number of aliphatic hydroxyl groups excluding tert-OH is 1. The third kappa shape index (κ3) is 5.10. The van der Waals surface area contributed by atoms with E-state index in [4.69, 9.17) is 9.84 Å². The van der Waals surface area contributed by atoms with E-state index in [-0.39, 0.29) is 19.1 Å². The SMILES string of the molecule is O=C(NCCCCO)[C@H]1Cc2ccccc2CN1C(=O)OCc1ccccc1. The Labute approximate surface area is 165 Å². The van der Waals surface area contributed by atoms with Crippen LogP contribution < -0.4 is 5.32 Å². The monoisotopic (exact) mass is 382 g/mol. The van der Waals surface area contributed by atoms with Gasteiger partial charge in [-0.1, -0.05) is 54.6 Å². The maximum atomic E-state index is 12.8. The van der Waals surface area contributed by atoms with Crippen LogP contribution in [-0.2, 0) is 29.1 Å². The van der Waals surface area contributed by atoms with Crippen LogP contribution in [0.2, 0.25) is 0 Å². The van der Waals surface area contributed by atoms with Crippen molar-refractivity contribution in [2.45, 2.75) is 38.5 Å². The first-order valence-corrected chi connectivity index (χ1v) is 9.61. The summed E-state index contributed by atoms with van der Waals surface area (Å²) in [5.74, 6) is -0.191. The summed E-state index contributed by atoms with van der Waals surface area (Å²) in [5.41, 5.74) is 3.01. The van der Waals surface area contributed by atoms with Gasteiger partial charge in [0.25, 0.3) is 0 Å². The van der Waals surface area contributed by atoms with Crippen LogP contribution in [0, 0.1) is 0 Å². The highest BCUT2D eigenvalue weighted by Crippen LogP contribution is 2.24. The second kappa shape index (κ2) is 9.90. The van der Waals surface area contributed by atoms with Crippen molar-refractivity contribution in [1.82, 2.24) is 10.2 Å². The van der Waals surface area contributed by atoms with Crippen LogP contribution in [0.25, 0.3) is 0 Å². The lowest BCUT2D eigenvalue weighted by Crippen LogP contribution is -2.52. The summed E-state index contributed by atoms with van der Waals surface area (Å²) in [5, 5.41) is 11.8. The number of unbranched alkanes of at least 4 members (excludes halogenated alkanes) is 1. The van der Waals surface area contributed by atoms with Crippen LogP contribution in [0.1, 0.15) is 29.5 Å². The second-order valence-electron chi connectivity index (χ2n) is 6.88. The molecule has 2 N–H and O–H groups in total. The predicted molar refractivity (Wildman–Crippen MR) is 105 cm³/mol. The molecule has 0 saturated carbocycles. The number of hydrogen-bond acceptors (Lipinski definition) is 4. The van der Waals surface area contributed by atoms with E-state index in [2.05, 4.69) is 5.32 Å². The summed E-state index contributed by atoms with van der Waals surface area (Å²) in [4.78, 5) is 27.0. The van der Waals surface area contributed by atoms with E-state index in [1.807, 2.05) is 54.6 Å². The Hall–Kier alpha value is -2.86. The van der Waals surface area contributed by atoms with E-state index >= 15 is 0 Å². The van der Waals surface area contributed by atoms with Crippen molar-refractivity contribution in [3.8, 4) is 0 Å². The highest BCUT2D eigenvalue weighted by atomic mass is 16.6. The number of carbonyl (C=O) groups is 2. The molecule has 2 aromatic carbocycles. The fourth-order valence-corrected chi connectivity index (χ4v) is 3.32. The van der Waals surface area contributed by atoms with Gasteiger partial charge in [0.2, 0.25) is 5.91 Å². The molecule has 0 radical (unpaired) electrons. The molecule has 6 heteroatoms. The van der Waals surface area contributed by atoms with Gasteiger partial charge in [-0.25, -0.2) is 4.79 Å². The van der Waals surface area contributed by atoms with Gasteiger partial charge in [-0.05, 0) is 29.5 Å². The average molecular weight is 382 g/mol. The molecule has 0 aliphatic carbocycles. The Bertz CT molecular complexity index is 794. The smallest absolute Gasteiger partial charge is 0.411 e. The number of aliphatic hydroxyl groups is 1. The summed E-state index contributed by atoms with van der Waals surface area (Å²) >= 11 is 0. The number of ether oxygens (including phenoxy) is 1. The summed E-state index contributed by atoms with van der Waals surface area (Å²) < 4.78 is 5.48. The molecule has 2 amide bonds. The van der Waals surface area contributed by atoms with Crippen LogP contribution in [0.15, 0.2) is 54.6 Å². The minimum absolute atomic E-state index is 0.102. The van der Waals surface area contributed by atoms with E-state index in [1.54, 1.807) is 0 Å². The highest BCUT2D eigenvalue weighted by molar-refractivity contribution is 5.86. The predicted octanol–water partition coefficient (Wildman–Crippen LogP) is 2.64. The number of hydrogen-bond donors (Lipinski definition) is 2. The molecule has 6 nitrogen and oxygen atoms in total. The first-order valence-electron chi connectivity index (χ1n) is 9.61. The lowest BCUT2D eigenvalue weighted by molar-refractivity contribution is -0.126. The highest BCUT2D eigenvalue weighted by Gasteiger charge is 2.35. The quantitative estimate of drug-likeness (QED) is 0.722. The molecular weight excluding hydrogens is 356 g/mol. The zero-order valence-electron chi connectivity index (χ0n) is 15.8. The molecule has 1 aliphatic rings. The van der Waals surface area contributed by atoms with Crippen LogP contribution >= 0.6 is 0 Å². The van der Waals surface area contributed by atoms with Crippen molar-refractivity contribution in [1.29, 1.82) is 0 Å². The first-order chi connectivity index (χ1) is 13.7. The maximum absolute atomic E-state index is 12.8. The van der Waals surface area contributed by atoms with E-state index in [1.165, 1.54) is 4.90 Å². The maximum Gasteiger partial charge on any atom is 0.411 e. The first kappa shape index (κ1) is 19.9. The third-order valence-corrected chi connectivity index (χ3v) is 4.87. The molecule has 1 heterocycles. The topological polar surface area (TPSA) is 78.9 Å². The number of rotatable bonds is 7. The average Bonchev–Trinajstić information content (AvgIpc) is 2.74. The minimum atomic E-state index is -0.604. The number of carbonyl (C=O) groups excluding carboxylic acids is 2. The molecule has 1 atom stereocenters. The molecule has 0 fully saturated rings. The lowest BCUT2D eigenvalue weighted by Gasteiger charge is -2.35. The molecular formula is C22H26N2O4. The van der Waals surface area contributed by atoms with E-state index in [0.717, 1.165) is 16.7 Å². The Kier molecular flexibility index (Phi) is 7.03. The van der Waals surface area contributed by atoms with Crippen LogP contribution in [0.4, 0.5) is 4.79 Å². The molecule has 0 spiro atoms. The summed E-state index contributed by atoms with van der Waals surface area (Å²) in [6, 6.07) is 16.7. The normalized spacial score (nSPS) is 15.6. The number of benzene rings is 2. The second-order valence-corrected chi connectivity index (χ2v) is 6.88. The third-order valence-electron chi connectivity index (χ3n) is 4.87. The van der Waals surface area contributed by atoms with Gasteiger partial charge in [-0.3, -0.25) is 9.69 Å². The van der Waals surface area contributed by atoms with Crippen molar-refractivity contribution < 1.29 is 19.4 Å². The molecule has 3 rings (SSSR count). The van der Waals surface area contributed by atoms with Crippen molar-refractivity contribution >= 4 is 12.0 Å². The van der Waals surface area contributed by atoms with E-state index in [9.17, 15) is 9.59 Å². The molecule has 0 unspecified atom stereocenters. The fraction of sp³-hybridized carbons (Fsp3) is 0.364. The van der Waals surface area contributed by atoms with Gasteiger partial charge in [0.1, 0.15) is 12.6 Å². The van der Waals surface area contributed by atoms with Gasteiger partial charge in [0.05, 0.1) is 6.54 Å². The molecule has 2 aromatic rings. The van der Waals surface area contributed by atoms with Crippen LogP contribution in [0.3, 0.4) is 0 Å². The molecule has 148 valence electrons. The Balaban J connectivity index is 1.69. The zero-order valence-corrected chi connectivity index (χ0v) is 15.8. The van der Waals surface area contributed by atoms with Crippen molar-refractivity contribution in [2.75, 3.05) is 13.2 Å². The van der Waals surface area contributed by atoms with Crippen molar-refractivity contribution in [3.05, 3.63) is 71.3 Å².